The molecule has 1 saturated carbocycles. The second-order valence-electron chi connectivity index (χ2n) is 4.90. The van der Waals surface area contributed by atoms with Gasteiger partial charge in [-0.3, -0.25) is 4.79 Å². The highest BCUT2D eigenvalue weighted by molar-refractivity contribution is 5.91. The molecule has 0 spiro atoms. The van der Waals surface area contributed by atoms with E-state index in [1.54, 1.807) is 6.92 Å². The minimum atomic E-state index is -0.479. The maximum Gasteiger partial charge on any atom is 0.333 e. The number of Topliss-reactive ketones (excluding diaryl/α,β-unsaturated/α-hetero) is 1. The average molecular weight is 224 g/mol. The van der Waals surface area contributed by atoms with Gasteiger partial charge < -0.3 is 4.74 Å². The Morgan fingerprint density at radius 3 is 2.31 bits per heavy atom. The Hall–Kier alpha value is -1.12. The number of rotatable bonds is 4. The molecule has 1 aliphatic rings. The first-order valence-corrected chi connectivity index (χ1v) is 5.82. The van der Waals surface area contributed by atoms with Gasteiger partial charge in [-0.1, -0.05) is 32.8 Å². The van der Waals surface area contributed by atoms with E-state index in [2.05, 4.69) is 6.58 Å². The van der Waals surface area contributed by atoms with Crippen molar-refractivity contribution in [2.75, 3.05) is 6.61 Å². The molecule has 0 radical (unpaired) electrons. The molecule has 1 fully saturated rings. The third kappa shape index (κ3) is 3.19. The summed E-state index contributed by atoms with van der Waals surface area (Å²) in [6, 6.07) is 0. The summed E-state index contributed by atoms with van der Waals surface area (Å²) in [5, 5.41) is 0. The van der Waals surface area contributed by atoms with Gasteiger partial charge in [-0.05, 0) is 19.8 Å². The monoisotopic (exact) mass is 224 g/mol. The predicted molar refractivity (Wildman–Crippen MR) is 62.0 cm³/mol. The van der Waals surface area contributed by atoms with Crippen molar-refractivity contribution in [3.05, 3.63) is 12.2 Å². The maximum atomic E-state index is 11.9. The number of carbonyl (C=O) groups excluding carboxylic acids is 2. The highest BCUT2D eigenvalue weighted by atomic mass is 16.5. The van der Waals surface area contributed by atoms with Crippen LogP contribution in [-0.4, -0.2) is 18.4 Å². The topological polar surface area (TPSA) is 43.4 Å². The number of hydrogen-bond acceptors (Lipinski definition) is 3. The summed E-state index contributed by atoms with van der Waals surface area (Å²) in [4.78, 5) is 23.1. The predicted octanol–water partition coefficient (Wildman–Crippen LogP) is 2.65. The molecule has 0 N–H and O–H groups in total. The first-order valence-electron chi connectivity index (χ1n) is 5.82. The van der Waals surface area contributed by atoms with E-state index in [0.29, 0.717) is 5.57 Å². The number of esters is 1. The van der Waals surface area contributed by atoms with E-state index in [-0.39, 0.29) is 17.8 Å². The van der Waals surface area contributed by atoms with Crippen LogP contribution in [0.5, 0.6) is 0 Å². The number of carbonyl (C=O) groups is 2. The maximum absolute atomic E-state index is 11.9. The molecule has 3 nitrogen and oxygen atoms in total. The van der Waals surface area contributed by atoms with Gasteiger partial charge in [0.05, 0.1) is 0 Å². The van der Waals surface area contributed by atoms with Crippen LogP contribution in [0.3, 0.4) is 0 Å². The Morgan fingerprint density at radius 1 is 1.25 bits per heavy atom. The van der Waals surface area contributed by atoms with E-state index in [1.807, 2.05) is 6.92 Å². The summed E-state index contributed by atoms with van der Waals surface area (Å²) in [5.41, 5.74) is 0.0507. The average Bonchev–Trinajstić information content (AvgIpc) is 2.26. The lowest BCUT2D eigenvalue weighted by molar-refractivity contribution is -0.148. The molecule has 0 aromatic heterocycles. The molecule has 0 heterocycles. The van der Waals surface area contributed by atoms with Crippen molar-refractivity contribution in [2.45, 2.75) is 46.0 Å². The molecule has 0 unspecified atom stereocenters. The third-order valence-electron chi connectivity index (χ3n) is 3.31. The molecule has 0 aromatic rings. The molecule has 90 valence electrons. The minimum Gasteiger partial charge on any atom is -0.454 e. The molecule has 3 heteroatoms. The highest BCUT2D eigenvalue weighted by Gasteiger charge is 2.34. The third-order valence-corrected chi connectivity index (χ3v) is 3.31. The second kappa shape index (κ2) is 5.28. The van der Waals surface area contributed by atoms with E-state index in [9.17, 15) is 9.59 Å². The van der Waals surface area contributed by atoms with Crippen molar-refractivity contribution in [1.29, 1.82) is 0 Å². The van der Waals surface area contributed by atoms with Crippen LogP contribution in [0.15, 0.2) is 12.2 Å². The zero-order chi connectivity index (χ0) is 12.2. The highest BCUT2D eigenvalue weighted by Crippen LogP contribution is 2.36. The minimum absolute atomic E-state index is 0.0433. The Morgan fingerprint density at radius 2 is 1.81 bits per heavy atom. The molecule has 0 saturated heterocycles. The van der Waals surface area contributed by atoms with Crippen molar-refractivity contribution in [3.63, 3.8) is 0 Å². The summed E-state index contributed by atoms with van der Waals surface area (Å²) in [5.74, 6) is -0.436. The fraction of sp³-hybridized carbons (Fsp3) is 0.692. The van der Waals surface area contributed by atoms with Gasteiger partial charge in [0.15, 0.2) is 12.4 Å². The number of ketones is 1. The fourth-order valence-corrected chi connectivity index (χ4v) is 2.04. The van der Waals surface area contributed by atoms with Crippen LogP contribution in [0.25, 0.3) is 0 Å². The molecule has 0 atom stereocenters. The van der Waals surface area contributed by atoms with Crippen molar-refractivity contribution >= 4 is 11.8 Å². The first-order chi connectivity index (χ1) is 7.46. The van der Waals surface area contributed by atoms with Gasteiger partial charge in [0, 0.05) is 11.0 Å². The second-order valence-corrected chi connectivity index (χ2v) is 4.90. The summed E-state index contributed by atoms with van der Waals surface area (Å²) in [7, 11) is 0. The van der Waals surface area contributed by atoms with Crippen LogP contribution >= 0.6 is 0 Å². The van der Waals surface area contributed by atoms with Gasteiger partial charge in [0.25, 0.3) is 0 Å². The molecular weight excluding hydrogens is 204 g/mol. The van der Waals surface area contributed by atoms with Gasteiger partial charge >= 0.3 is 5.97 Å². The van der Waals surface area contributed by atoms with E-state index in [4.69, 9.17) is 4.74 Å². The molecule has 0 amide bonds. The van der Waals surface area contributed by atoms with Gasteiger partial charge in [0.1, 0.15) is 0 Å². The van der Waals surface area contributed by atoms with Gasteiger partial charge in [-0.15, -0.1) is 0 Å². The van der Waals surface area contributed by atoms with Crippen molar-refractivity contribution in [3.8, 4) is 0 Å². The zero-order valence-electron chi connectivity index (χ0n) is 10.2. The van der Waals surface area contributed by atoms with E-state index >= 15 is 0 Å². The Bertz CT molecular complexity index is 298. The SMILES string of the molecule is C=C(C)C(=O)OCC(=O)C1(C)CCCCC1. The molecule has 16 heavy (non-hydrogen) atoms. The molecule has 0 aliphatic heterocycles. The van der Waals surface area contributed by atoms with Gasteiger partial charge in [-0.25, -0.2) is 4.79 Å². The van der Waals surface area contributed by atoms with Gasteiger partial charge in [0.2, 0.25) is 0 Å². The Balaban J connectivity index is 2.45. The summed E-state index contributed by atoms with van der Waals surface area (Å²) < 4.78 is 4.90. The van der Waals surface area contributed by atoms with Crippen LogP contribution in [0.2, 0.25) is 0 Å². The van der Waals surface area contributed by atoms with Crippen LogP contribution in [0.1, 0.15) is 46.0 Å². The molecular formula is C13H20O3. The standard InChI is InChI=1S/C13H20O3/c1-10(2)12(15)16-9-11(14)13(3)7-5-4-6-8-13/h1,4-9H2,2-3H3. The first kappa shape index (κ1) is 12.9. The van der Waals surface area contributed by atoms with E-state index in [1.165, 1.54) is 6.42 Å². The smallest absolute Gasteiger partial charge is 0.333 e. The van der Waals surface area contributed by atoms with Crippen LogP contribution in [-0.2, 0) is 14.3 Å². The molecule has 0 bridgehead atoms. The zero-order valence-corrected chi connectivity index (χ0v) is 10.2. The molecule has 0 aromatic carbocycles. The lowest BCUT2D eigenvalue weighted by Gasteiger charge is -2.31. The fourth-order valence-electron chi connectivity index (χ4n) is 2.04. The Labute approximate surface area is 96.9 Å². The van der Waals surface area contributed by atoms with E-state index in [0.717, 1.165) is 25.7 Å². The normalized spacial score (nSPS) is 18.9. The number of hydrogen-bond donors (Lipinski definition) is 0. The van der Waals surface area contributed by atoms with Gasteiger partial charge in [-0.2, -0.15) is 0 Å². The summed E-state index contributed by atoms with van der Waals surface area (Å²) >= 11 is 0. The van der Waals surface area contributed by atoms with Crippen molar-refractivity contribution < 1.29 is 14.3 Å². The van der Waals surface area contributed by atoms with Crippen LogP contribution < -0.4 is 0 Å². The molecule has 1 rings (SSSR count). The van der Waals surface area contributed by atoms with Crippen molar-refractivity contribution in [1.82, 2.24) is 0 Å². The molecule has 1 aliphatic carbocycles. The van der Waals surface area contributed by atoms with Crippen LogP contribution in [0.4, 0.5) is 0 Å². The van der Waals surface area contributed by atoms with Crippen molar-refractivity contribution in [2.24, 2.45) is 5.41 Å². The Kier molecular flexibility index (Phi) is 4.27. The van der Waals surface area contributed by atoms with E-state index < -0.39 is 5.97 Å². The summed E-state index contributed by atoms with van der Waals surface area (Å²) in [6.45, 7) is 6.92. The number of ether oxygens (including phenoxy) is 1. The van der Waals surface area contributed by atoms with Crippen LogP contribution in [0, 0.1) is 5.41 Å². The lowest BCUT2D eigenvalue weighted by Crippen LogP contribution is -2.34. The quantitative estimate of drug-likeness (QED) is 0.544. The summed E-state index contributed by atoms with van der Waals surface area (Å²) in [6.07, 6.45) is 5.22. The largest absolute Gasteiger partial charge is 0.454 e. The lowest BCUT2D eigenvalue weighted by atomic mass is 9.73.